The summed E-state index contributed by atoms with van der Waals surface area (Å²) in [6, 6.07) is 7.72. The summed E-state index contributed by atoms with van der Waals surface area (Å²) < 4.78 is 5.39. The van der Waals surface area contributed by atoms with Crippen molar-refractivity contribution in [3.8, 4) is 16.9 Å². The number of nitrogens with zero attached hydrogens (tertiary/aromatic N) is 7. The molecule has 148 valence electrons. The monoisotopic (exact) mass is 399 g/mol. The molecule has 1 aromatic carbocycles. The van der Waals surface area contributed by atoms with Crippen LogP contribution in [0.3, 0.4) is 0 Å². The summed E-state index contributed by atoms with van der Waals surface area (Å²) >= 11 is 0. The lowest BCUT2D eigenvalue weighted by Gasteiger charge is -2.10. The Bertz CT molecular complexity index is 1350. The van der Waals surface area contributed by atoms with E-state index in [0.717, 1.165) is 22.6 Å². The van der Waals surface area contributed by atoms with Gasteiger partial charge in [-0.05, 0) is 24.3 Å². The van der Waals surface area contributed by atoms with E-state index in [2.05, 4.69) is 25.4 Å². The van der Waals surface area contributed by atoms with Gasteiger partial charge in [-0.2, -0.15) is 5.10 Å². The van der Waals surface area contributed by atoms with Crippen molar-refractivity contribution in [3.05, 3.63) is 73.5 Å². The topological polar surface area (TPSA) is 121 Å². The molecule has 5 rings (SSSR count). The number of fused-ring (bicyclic) bond motifs is 1. The molecule has 0 saturated carbocycles. The molecule has 0 unspecified atom stereocenters. The van der Waals surface area contributed by atoms with Crippen LogP contribution in [-0.4, -0.2) is 39.6 Å². The molecule has 1 amide bonds. The summed E-state index contributed by atoms with van der Waals surface area (Å²) in [6.07, 6.45) is 12.2. The number of anilines is 2. The van der Waals surface area contributed by atoms with Crippen molar-refractivity contribution in [3.63, 3.8) is 0 Å². The van der Waals surface area contributed by atoms with E-state index >= 15 is 0 Å². The maximum absolute atomic E-state index is 11.9. The van der Waals surface area contributed by atoms with Crippen LogP contribution >= 0.6 is 0 Å². The molecule has 10 heteroatoms. The number of hydrogen-bond acceptors (Lipinski definition) is 6. The minimum atomic E-state index is -0.624. The maximum atomic E-state index is 11.9. The van der Waals surface area contributed by atoms with E-state index in [1.165, 1.54) is 0 Å². The van der Waals surface area contributed by atoms with Crippen LogP contribution in [0.5, 0.6) is 0 Å². The molecule has 10 nitrogen and oxygen atoms in total. The van der Waals surface area contributed by atoms with E-state index < -0.39 is 5.91 Å². The van der Waals surface area contributed by atoms with Crippen LogP contribution in [0.25, 0.3) is 22.6 Å². The molecule has 5 aromatic rings. The first-order valence-electron chi connectivity index (χ1n) is 9.11. The van der Waals surface area contributed by atoms with Crippen molar-refractivity contribution in [2.45, 2.75) is 0 Å². The van der Waals surface area contributed by atoms with Crippen molar-refractivity contribution < 1.29 is 4.79 Å². The molecule has 0 aliphatic heterocycles. The van der Waals surface area contributed by atoms with Gasteiger partial charge in [-0.3, -0.25) is 13.9 Å². The second-order valence-corrected chi connectivity index (χ2v) is 6.72. The van der Waals surface area contributed by atoms with E-state index in [0.29, 0.717) is 11.5 Å². The second-order valence-electron chi connectivity index (χ2n) is 6.72. The Hall–Kier alpha value is -4.47. The van der Waals surface area contributed by atoms with E-state index in [9.17, 15) is 4.79 Å². The van der Waals surface area contributed by atoms with Gasteiger partial charge in [0.15, 0.2) is 11.5 Å². The number of imidazole rings is 2. The second kappa shape index (κ2) is 6.85. The number of nitrogens with one attached hydrogen (secondary N) is 1. The number of aromatic nitrogens is 7. The number of benzene rings is 1. The molecule has 0 aliphatic rings. The summed E-state index contributed by atoms with van der Waals surface area (Å²) in [7, 11) is 1.84. The third-order valence-corrected chi connectivity index (χ3v) is 4.68. The molecule has 4 aromatic heterocycles. The molecule has 0 aliphatic carbocycles. The first-order chi connectivity index (χ1) is 14.6. The van der Waals surface area contributed by atoms with Crippen LogP contribution in [0.2, 0.25) is 0 Å². The summed E-state index contributed by atoms with van der Waals surface area (Å²) in [5, 5.41) is 7.44. The van der Waals surface area contributed by atoms with Crippen molar-refractivity contribution in [2.75, 3.05) is 5.32 Å². The van der Waals surface area contributed by atoms with Crippen molar-refractivity contribution >= 4 is 23.1 Å². The Morgan fingerprint density at radius 1 is 1.13 bits per heavy atom. The predicted molar refractivity (Wildman–Crippen MR) is 111 cm³/mol. The first kappa shape index (κ1) is 17.6. The third-order valence-electron chi connectivity index (χ3n) is 4.68. The molecule has 0 atom stereocenters. The zero-order valence-corrected chi connectivity index (χ0v) is 16.0. The SMILES string of the molecule is Cn1cc(-c2cnc3c(Nc4ccc(-n5ccnc5)cc4)nc(C(N)=O)cn23)cn1. The largest absolute Gasteiger partial charge is 0.364 e. The lowest BCUT2D eigenvalue weighted by molar-refractivity contribution is 0.0995. The molecule has 0 saturated heterocycles. The minimum absolute atomic E-state index is 0.128. The van der Waals surface area contributed by atoms with E-state index in [-0.39, 0.29) is 5.69 Å². The number of carbonyl (C=O) groups excluding carboxylic acids is 1. The normalized spacial score (nSPS) is 11.1. The Kier molecular flexibility index (Phi) is 4.02. The van der Waals surface area contributed by atoms with Gasteiger partial charge in [0.05, 0.1) is 24.4 Å². The van der Waals surface area contributed by atoms with Crippen molar-refractivity contribution in [1.29, 1.82) is 0 Å². The van der Waals surface area contributed by atoms with Crippen molar-refractivity contribution in [1.82, 2.24) is 33.7 Å². The van der Waals surface area contributed by atoms with Gasteiger partial charge in [0, 0.05) is 48.8 Å². The van der Waals surface area contributed by atoms with Gasteiger partial charge in [0.2, 0.25) is 0 Å². The van der Waals surface area contributed by atoms with E-state index in [1.807, 2.05) is 48.3 Å². The highest BCUT2D eigenvalue weighted by Crippen LogP contribution is 2.26. The average molecular weight is 399 g/mol. The molecular weight excluding hydrogens is 382 g/mol. The summed E-state index contributed by atoms with van der Waals surface area (Å²) in [4.78, 5) is 24.8. The molecule has 3 N–H and O–H groups in total. The van der Waals surface area contributed by atoms with Gasteiger partial charge >= 0.3 is 0 Å². The van der Waals surface area contributed by atoms with Crippen molar-refractivity contribution in [2.24, 2.45) is 12.8 Å². The first-order valence-corrected chi connectivity index (χ1v) is 9.11. The molecule has 0 radical (unpaired) electrons. The Labute approximate surface area is 170 Å². The third kappa shape index (κ3) is 3.05. The number of hydrogen-bond donors (Lipinski definition) is 2. The van der Waals surface area contributed by atoms with Gasteiger partial charge in [-0.1, -0.05) is 0 Å². The molecular formula is C20H17N9O. The Morgan fingerprint density at radius 3 is 2.63 bits per heavy atom. The summed E-state index contributed by atoms with van der Waals surface area (Å²) in [5.41, 5.74) is 9.62. The summed E-state index contributed by atoms with van der Waals surface area (Å²) in [5.74, 6) is -0.196. The highest BCUT2D eigenvalue weighted by atomic mass is 16.1. The van der Waals surface area contributed by atoms with E-state index in [4.69, 9.17) is 5.73 Å². The fourth-order valence-electron chi connectivity index (χ4n) is 3.22. The Balaban J connectivity index is 1.56. The number of rotatable bonds is 5. The maximum Gasteiger partial charge on any atom is 0.268 e. The van der Waals surface area contributed by atoms with Crippen LogP contribution in [-0.2, 0) is 7.05 Å². The highest BCUT2D eigenvalue weighted by molar-refractivity contribution is 5.92. The van der Waals surface area contributed by atoms with Crippen LogP contribution in [0.4, 0.5) is 11.5 Å². The highest BCUT2D eigenvalue weighted by Gasteiger charge is 2.16. The number of primary amides is 1. The van der Waals surface area contributed by atoms with Crippen LogP contribution in [0.1, 0.15) is 10.5 Å². The molecule has 0 bridgehead atoms. The minimum Gasteiger partial charge on any atom is -0.364 e. The fraction of sp³-hybridized carbons (Fsp3) is 0.0500. The Morgan fingerprint density at radius 2 is 1.97 bits per heavy atom. The standard InChI is InChI=1S/C20H17N9O/c1-27-10-13(8-24-27)17-9-23-20-19(26-16(18(21)30)11-29(17)20)25-14-2-4-15(5-3-14)28-7-6-22-12-28/h2-12H,1H3,(H2,21,30)(H,25,26). The molecule has 0 spiro atoms. The number of aryl methyl sites for hydroxylation is 1. The number of carbonyl (C=O) groups is 1. The lowest BCUT2D eigenvalue weighted by atomic mass is 10.2. The predicted octanol–water partition coefficient (Wildman–Crippen LogP) is 2.16. The van der Waals surface area contributed by atoms with Crippen LogP contribution < -0.4 is 11.1 Å². The van der Waals surface area contributed by atoms with Crippen LogP contribution in [0.15, 0.2) is 67.8 Å². The van der Waals surface area contributed by atoms with Gasteiger partial charge in [-0.15, -0.1) is 0 Å². The quantitative estimate of drug-likeness (QED) is 0.467. The smallest absolute Gasteiger partial charge is 0.268 e. The lowest BCUT2D eigenvalue weighted by Crippen LogP contribution is -2.15. The molecule has 4 heterocycles. The average Bonchev–Trinajstić information content (AvgIpc) is 3.49. The van der Waals surface area contributed by atoms with Gasteiger partial charge in [0.25, 0.3) is 5.91 Å². The van der Waals surface area contributed by atoms with Gasteiger partial charge in [0.1, 0.15) is 5.69 Å². The van der Waals surface area contributed by atoms with Gasteiger partial charge < -0.3 is 15.6 Å². The molecule has 30 heavy (non-hydrogen) atoms. The zero-order chi connectivity index (χ0) is 20.7. The summed E-state index contributed by atoms with van der Waals surface area (Å²) in [6.45, 7) is 0. The fourth-order valence-corrected chi connectivity index (χ4v) is 3.22. The van der Waals surface area contributed by atoms with Gasteiger partial charge in [-0.25, -0.2) is 15.0 Å². The zero-order valence-electron chi connectivity index (χ0n) is 16.0. The number of nitrogens with two attached hydrogens (primary N) is 1. The van der Waals surface area contributed by atoms with Crippen LogP contribution in [0, 0.1) is 0 Å². The molecule has 0 fully saturated rings. The number of amides is 1. The van der Waals surface area contributed by atoms with E-state index in [1.54, 1.807) is 40.2 Å².